The predicted octanol–water partition coefficient (Wildman–Crippen LogP) is 1.71. The molecule has 23 heavy (non-hydrogen) atoms. The molecule has 1 aromatic carbocycles. The molecule has 2 amide bonds. The van der Waals surface area contributed by atoms with Crippen LogP contribution < -0.4 is 10.8 Å². The Hall–Kier alpha value is -1.92. The Balaban J connectivity index is 1.99. The van der Waals surface area contributed by atoms with Crippen molar-refractivity contribution in [2.75, 3.05) is 20.1 Å². The number of rotatable bonds is 5. The van der Waals surface area contributed by atoms with Crippen molar-refractivity contribution >= 4 is 11.8 Å². The summed E-state index contributed by atoms with van der Waals surface area (Å²) in [6.07, 6.45) is 2.58. The van der Waals surface area contributed by atoms with Gasteiger partial charge < -0.3 is 10.2 Å². The number of likely N-dealkylation sites (tertiary alicyclic amines) is 1. The number of piperidine rings is 1. The molecule has 1 aliphatic rings. The van der Waals surface area contributed by atoms with E-state index in [1.807, 2.05) is 19.1 Å². The van der Waals surface area contributed by atoms with E-state index in [-0.39, 0.29) is 17.9 Å². The Bertz CT molecular complexity index is 537. The molecule has 0 bridgehead atoms. The van der Waals surface area contributed by atoms with Gasteiger partial charge in [-0.05, 0) is 57.1 Å². The molecule has 0 radical (unpaired) electrons. The summed E-state index contributed by atoms with van der Waals surface area (Å²) in [5, 5.41) is 11.8. The number of carbonyl (C=O) groups is 2. The van der Waals surface area contributed by atoms with Crippen LogP contribution in [0.4, 0.5) is 0 Å². The predicted molar refractivity (Wildman–Crippen MR) is 87.1 cm³/mol. The van der Waals surface area contributed by atoms with Crippen LogP contribution in [0.3, 0.4) is 0 Å². The first-order chi connectivity index (χ1) is 11.0. The molecule has 3 N–H and O–H groups in total. The summed E-state index contributed by atoms with van der Waals surface area (Å²) in [6, 6.07) is 6.85. The Morgan fingerprint density at radius 1 is 1.26 bits per heavy atom. The number of amides is 2. The van der Waals surface area contributed by atoms with Crippen molar-refractivity contribution in [1.82, 2.24) is 15.7 Å². The van der Waals surface area contributed by atoms with E-state index in [1.165, 1.54) is 0 Å². The van der Waals surface area contributed by atoms with E-state index in [1.54, 1.807) is 17.6 Å². The van der Waals surface area contributed by atoms with Gasteiger partial charge in [-0.3, -0.25) is 14.8 Å². The molecule has 0 saturated carbocycles. The molecule has 1 fully saturated rings. The third-order valence-electron chi connectivity index (χ3n) is 4.49. The third-order valence-corrected chi connectivity index (χ3v) is 4.49. The average Bonchev–Trinajstić information content (AvgIpc) is 2.59. The number of hydroxylamine groups is 1. The lowest BCUT2D eigenvalue weighted by molar-refractivity contribution is -0.127. The Kier molecular flexibility index (Phi) is 6.12. The first-order valence-corrected chi connectivity index (χ1v) is 8.08. The second-order valence-corrected chi connectivity index (χ2v) is 6.11. The highest BCUT2D eigenvalue weighted by Gasteiger charge is 2.25. The zero-order valence-electron chi connectivity index (χ0n) is 13.7. The molecule has 126 valence electrons. The van der Waals surface area contributed by atoms with Crippen molar-refractivity contribution < 1.29 is 14.8 Å². The highest BCUT2D eigenvalue weighted by molar-refractivity contribution is 5.93. The Labute approximate surface area is 136 Å². The van der Waals surface area contributed by atoms with Gasteiger partial charge in [-0.2, -0.15) is 0 Å². The summed E-state index contributed by atoms with van der Waals surface area (Å²) in [6.45, 7) is 3.94. The fourth-order valence-corrected chi connectivity index (χ4v) is 2.91. The molecule has 1 aliphatic heterocycles. The molecular formula is C17H25N3O3. The largest absolute Gasteiger partial charge is 0.349 e. The minimum Gasteiger partial charge on any atom is -0.349 e. The molecule has 1 saturated heterocycles. The van der Waals surface area contributed by atoms with E-state index >= 15 is 0 Å². The number of nitrogens with zero attached hydrogens (tertiary/aromatic N) is 1. The quantitative estimate of drug-likeness (QED) is 0.570. The van der Waals surface area contributed by atoms with Gasteiger partial charge >= 0.3 is 0 Å². The van der Waals surface area contributed by atoms with Crippen LogP contribution in [0.2, 0.25) is 0 Å². The van der Waals surface area contributed by atoms with Crippen LogP contribution in [0, 0.1) is 5.92 Å². The van der Waals surface area contributed by atoms with Crippen LogP contribution >= 0.6 is 0 Å². The van der Waals surface area contributed by atoms with Crippen LogP contribution in [0.5, 0.6) is 0 Å². The average molecular weight is 319 g/mol. The monoisotopic (exact) mass is 319 g/mol. The second-order valence-electron chi connectivity index (χ2n) is 6.11. The van der Waals surface area contributed by atoms with E-state index in [9.17, 15) is 9.59 Å². The van der Waals surface area contributed by atoms with Crippen LogP contribution in [-0.4, -0.2) is 42.1 Å². The summed E-state index contributed by atoms with van der Waals surface area (Å²) < 4.78 is 0. The summed E-state index contributed by atoms with van der Waals surface area (Å²) in [5.41, 5.74) is 2.95. The number of benzene rings is 1. The van der Waals surface area contributed by atoms with E-state index in [4.69, 9.17) is 5.21 Å². The van der Waals surface area contributed by atoms with Gasteiger partial charge in [-0.1, -0.05) is 19.1 Å². The zero-order valence-corrected chi connectivity index (χ0v) is 13.7. The standard InChI is InChI=1S/C17H25N3O3/c1-3-15(12-4-6-13(7-5-12)17(22)19-23)18-16(21)14-8-10-20(2)11-9-14/h4-7,14-15,23H,3,8-11H2,1-2H3,(H,18,21)(H,19,22)/t15-/m0/s1. The van der Waals surface area contributed by atoms with Crippen molar-refractivity contribution in [3.8, 4) is 0 Å². The SMILES string of the molecule is CC[C@H](NC(=O)C1CCN(C)CC1)c1ccc(C(=O)NO)cc1. The molecule has 0 aromatic heterocycles. The van der Waals surface area contributed by atoms with Crippen molar-refractivity contribution in [1.29, 1.82) is 0 Å². The van der Waals surface area contributed by atoms with E-state index < -0.39 is 5.91 Å². The van der Waals surface area contributed by atoms with Gasteiger partial charge in [-0.25, -0.2) is 5.48 Å². The highest BCUT2D eigenvalue weighted by Crippen LogP contribution is 2.21. The summed E-state index contributed by atoms with van der Waals surface area (Å²) in [7, 11) is 2.08. The molecule has 0 spiro atoms. The number of hydrogen-bond acceptors (Lipinski definition) is 4. The summed E-state index contributed by atoms with van der Waals surface area (Å²) in [4.78, 5) is 26.0. The molecule has 1 heterocycles. The maximum atomic E-state index is 12.4. The van der Waals surface area contributed by atoms with E-state index in [0.29, 0.717) is 5.56 Å². The second kappa shape index (κ2) is 8.08. The first kappa shape index (κ1) is 17.4. The van der Waals surface area contributed by atoms with Crippen LogP contribution in [0.15, 0.2) is 24.3 Å². The van der Waals surface area contributed by atoms with E-state index in [2.05, 4.69) is 17.3 Å². The summed E-state index contributed by atoms with van der Waals surface area (Å²) in [5.74, 6) is -0.346. The fourth-order valence-electron chi connectivity index (χ4n) is 2.91. The number of carbonyl (C=O) groups excluding carboxylic acids is 2. The zero-order chi connectivity index (χ0) is 16.8. The van der Waals surface area contributed by atoms with Gasteiger partial charge in [-0.15, -0.1) is 0 Å². The van der Waals surface area contributed by atoms with E-state index in [0.717, 1.165) is 37.9 Å². The topological polar surface area (TPSA) is 81.7 Å². The fraction of sp³-hybridized carbons (Fsp3) is 0.529. The van der Waals surface area contributed by atoms with Gasteiger partial charge in [0.1, 0.15) is 0 Å². The molecule has 0 aliphatic carbocycles. The van der Waals surface area contributed by atoms with Gasteiger partial charge in [0.2, 0.25) is 5.91 Å². The maximum Gasteiger partial charge on any atom is 0.274 e. The Morgan fingerprint density at radius 3 is 2.39 bits per heavy atom. The van der Waals surface area contributed by atoms with Crippen molar-refractivity contribution in [2.45, 2.75) is 32.2 Å². The van der Waals surface area contributed by atoms with Gasteiger partial charge in [0.05, 0.1) is 6.04 Å². The molecule has 1 atom stereocenters. The van der Waals surface area contributed by atoms with Crippen molar-refractivity contribution in [2.24, 2.45) is 5.92 Å². The van der Waals surface area contributed by atoms with Crippen LogP contribution in [0.1, 0.15) is 48.1 Å². The minimum absolute atomic E-state index is 0.0617. The Morgan fingerprint density at radius 2 is 1.87 bits per heavy atom. The molecule has 1 aromatic rings. The minimum atomic E-state index is -0.542. The smallest absolute Gasteiger partial charge is 0.274 e. The lowest BCUT2D eigenvalue weighted by Crippen LogP contribution is -2.40. The van der Waals surface area contributed by atoms with Gasteiger partial charge in [0.15, 0.2) is 0 Å². The number of nitrogens with one attached hydrogen (secondary N) is 2. The molecule has 6 heteroatoms. The molecule has 6 nitrogen and oxygen atoms in total. The highest BCUT2D eigenvalue weighted by atomic mass is 16.5. The molecule has 2 rings (SSSR count). The first-order valence-electron chi connectivity index (χ1n) is 8.08. The van der Waals surface area contributed by atoms with Crippen molar-refractivity contribution in [3.63, 3.8) is 0 Å². The summed E-state index contributed by atoms with van der Waals surface area (Å²) >= 11 is 0. The molecular weight excluding hydrogens is 294 g/mol. The van der Waals surface area contributed by atoms with Crippen molar-refractivity contribution in [3.05, 3.63) is 35.4 Å². The van der Waals surface area contributed by atoms with Gasteiger partial charge in [0.25, 0.3) is 5.91 Å². The van der Waals surface area contributed by atoms with Crippen LogP contribution in [-0.2, 0) is 4.79 Å². The van der Waals surface area contributed by atoms with Gasteiger partial charge in [0, 0.05) is 11.5 Å². The maximum absolute atomic E-state index is 12.4. The lowest BCUT2D eigenvalue weighted by Gasteiger charge is -2.29. The van der Waals surface area contributed by atoms with Crippen LogP contribution in [0.25, 0.3) is 0 Å². The molecule has 0 unspecified atom stereocenters. The third kappa shape index (κ3) is 4.53. The normalized spacial score (nSPS) is 17.5. The lowest BCUT2D eigenvalue weighted by atomic mass is 9.95. The number of hydrogen-bond donors (Lipinski definition) is 3.